The van der Waals surface area contributed by atoms with Crippen LogP contribution in [0.4, 0.5) is 5.69 Å². The van der Waals surface area contributed by atoms with Crippen molar-refractivity contribution in [2.24, 2.45) is 0 Å². The molecule has 1 atom stereocenters. The van der Waals surface area contributed by atoms with Crippen molar-refractivity contribution >= 4 is 11.6 Å². The normalized spacial score (nSPS) is 19.6. The largest absolute Gasteiger partial charge is 0.398 e. The molecule has 1 aliphatic rings. The third-order valence-electron chi connectivity index (χ3n) is 3.86. The monoisotopic (exact) mass is 261 g/mol. The van der Waals surface area contributed by atoms with Crippen LogP contribution in [-0.2, 0) is 0 Å². The molecule has 0 radical (unpaired) electrons. The second-order valence-electron chi connectivity index (χ2n) is 5.23. The number of hydrogen-bond acceptors (Lipinski definition) is 3. The second kappa shape index (κ2) is 6.06. The molecule has 0 bridgehead atoms. The minimum atomic E-state index is -0.0656. The van der Waals surface area contributed by atoms with Crippen LogP contribution in [0.3, 0.4) is 0 Å². The highest BCUT2D eigenvalue weighted by Gasteiger charge is 2.23. The van der Waals surface area contributed by atoms with Gasteiger partial charge in [-0.1, -0.05) is 18.6 Å². The van der Waals surface area contributed by atoms with E-state index >= 15 is 0 Å². The first-order valence-corrected chi connectivity index (χ1v) is 7.00. The number of carbonyl (C=O) groups excluding carboxylic acids is 1. The molecule has 2 rings (SSSR count). The fraction of sp³-hybridized carbons (Fsp3) is 0.533. The highest BCUT2D eigenvalue weighted by atomic mass is 16.1. The zero-order valence-corrected chi connectivity index (χ0v) is 11.8. The number of likely N-dealkylation sites (N-methyl/N-ethyl adjacent to an activating group) is 1. The van der Waals surface area contributed by atoms with Crippen LogP contribution in [0.1, 0.15) is 35.7 Å². The summed E-state index contributed by atoms with van der Waals surface area (Å²) in [4.78, 5) is 14.6. The first kappa shape index (κ1) is 13.9. The number of benzene rings is 1. The number of nitrogens with one attached hydrogen (secondary N) is 1. The van der Waals surface area contributed by atoms with E-state index in [9.17, 15) is 4.79 Å². The lowest BCUT2D eigenvalue weighted by molar-refractivity contribution is 0.0942. The first-order valence-electron chi connectivity index (χ1n) is 7.00. The van der Waals surface area contributed by atoms with Crippen LogP contribution < -0.4 is 11.1 Å². The van der Waals surface area contributed by atoms with E-state index in [0.29, 0.717) is 23.8 Å². The van der Waals surface area contributed by atoms with Gasteiger partial charge in [0, 0.05) is 18.3 Å². The molecule has 0 aliphatic carbocycles. The standard InChI is InChI=1S/C15H23N3O/c1-3-18-8-4-5-12(18)10-17-15(19)13-9-11(2)6-7-14(13)16/h6-7,9,12H,3-5,8,10,16H2,1-2H3,(H,17,19). The summed E-state index contributed by atoms with van der Waals surface area (Å²) in [6, 6.07) is 6.02. The van der Waals surface area contributed by atoms with Crippen LogP contribution in [0, 0.1) is 6.92 Å². The van der Waals surface area contributed by atoms with Gasteiger partial charge in [0.05, 0.1) is 5.56 Å². The Labute approximate surface area is 115 Å². The van der Waals surface area contributed by atoms with Crippen LogP contribution in [0.5, 0.6) is 0 Å². The van der Waals surface area contributed by atoms with Crippen molar-refractivity contribution < 1.29 is 4.79 Å². The number of amides is 1. The van der Waals surface area contributed by atoms with Crippen molar-refractivity contribution in [3.05, 3.63) is 29.3 Å². The first-order chi connectivity index (χ1) is 9.11. The molecular weight excluding hydrogens is 238 g/mol. The van der Waals surface area contributed by atoms with E-state index in [4.69, 9.17) is 5.73 Å². The number of nitrogens with two attached hydrogens (primary N) is 1. The predicted molar refractivity (Wildman–Crippen MR) is 78.2 cm³/mol. The van der Waals surface area contributed by atoms with Crippen LogP contribution in [0.2, 0.25) is 0 Å². The number of carbonyl (C=O) groups is 1. The van der Waals surface area contributed by atoms with Gasteiger partial charge in [-0.2, -0.15) is 0 Å². The fourth-order valence-electron chi connectivity index (χ4n) is 2.72. The van der Waals surface area contributed by atoms with Crippen molar-refractivity contribution in [3.8, 4) is 0 Å². The summed E-state index contributed by atoms with van der Waals surface area (Å²) < 4.78 is 0. The number of anilines is 1. The van der Waals surface area contributed by atoms with Crippen LogP contribution in [-0.4, -0.2) is 36.5 Å². The molecule has 1 unspecified atom stereocenters. The fourth-order valence-corrected chi connectivity index (χ4v) is 2.72. The smallest absolute Gasteiger partial charge is 0.253 e. The van der Waals surface area contributed by atoms with E-state index in [1.54, 1.807) is 6.07 Å². The van der Waals surface area contributed by atoms with Crippen molar-refractivity contribution in [1.29, 1.82) is 0 Å². The summed E-state index contributed by atoms with van der Waals surface area (Å²) in [6.45, 7) is 7.03. The summed E-state index contributed by atoms with van der Waals surface area (Å²) in [7, 11) is 0. The molecule has 4 heteroatoms. The Morgan fingerprint density at radius 2 is 2.32 bits per heavy atom. The molecule has 1 heterocycles. The number of likely N-dealkylation sites (tertiary alicyclic amines) is 1. The predicted octanol–water partition coefficient (Wildman–Crippen LogP) is 1.79. The Hall–Kier alpha value is -1.55. The molecule has 4 nitrogen and oxygen atoms in total. The van der Waals surface area contributed by atoms with Gasteiger partial charge in [0.1, 0.15) is 0 Å². The van der Waals surface area contributed by atoms with Crippen LogP contribution in [0.15, 0.2) is 18.2 Å². The molecule has 1 fully saturated rings. The summed E-state index contributed by atoms with van der Waals surface area (Å²) in [6.07, 6.45) is 2.39. The van der Waals surface area contributed by atoms with E-state index in [0.717, 1.165) is 25.1 Å². The quantitative estimate of drug-likeness (QED) is 0.812. The molecule has 104 valence electrons. The van der Waals surface area contributed by atoms with Crippen molar-refractivity contribution in [2.45, 2.75) is 32.7 Å². The number of aryl methyl sites for hydroxylation is 1. The van der Waals surface area contributed by atoms with E-state index in [1.165, 1.54) is 6.42 Å². The van der Waals surface area contributed by atoms with Crippen molar-refractivity contribution in [3.63, 3.8) is 0 Å². The van der Waals surface area contributed by atoms with Gasteiger partial charge in [0.25, 0.3) is 5.91 Å². The molecular formula is C15H23N3O. The summed E-state index contributed by atoms with van der Waals surface area (Å²) in [5.74, 6) is -0.0656. The number of nitrogens with zero attached hydrogens (tertiary/aromatic N) is 1. The number of nitrogen functional groups attached to an aromatic ring is 1. The van der Waals surface area contributed by atoms with Gasteiger partial charge in [-0.15, -0.1) is 0 Å². The Bertz CT molecular complexity index is 459. The molecule has 1 aromatic rings. The zero-order chi connectivity index (χ0) is 13.8. The number of hydrogen-bond donors (Lipinski definition) is 2. The van der Waals surface area contributed by atoms with Gasteiger partial charge in [0.15, 0.2) is 0 Å². The molecule has 0 saturated carbocycles. The Balaban J connectivity index is 1.96. The van der Waals surface area contributed by atoms with Crippen LogP contribution in [0.25, 0.3) is 0 Å². The van der Waals surface area contributed by atoms with E-state index in [1.807, 2.05) is 19.1 Å². The molecule has 3 N–H and O–H groups in total. The topological polar surface area (TPSA) is 58.4 Å². The maximum absolute atomic E-state index is 12.2. The minimum absolute atomic E-state index is 0.0656. The van der Waals surface area contributed by atoms with Crippen molar-refractivity contribution in [1.82, 2.24) is 10.2 Å². The molecule has 1 amide bonds. The third kappa shape index (κ3) is 3.26. The van der Waals surface area contributed by atoms with Crippen molar-refractivity contribution in [2.75, 3.05) is 25.4 Å². The minimum Gasteiger partial charge on any atom is -0.398 e. The highest BCUT2D eigenvalue weighted by Crippen LogP contribution is 2.17. The molecule has 0 aromatic heterocycles. The van der Waals surface area contributed by atoms with Gasteiger partial charge in [-0.05, 0) is 45.0 Å². The summed E-state index contributed by atoms with van der Waals surface area (Å²) in [5.41, 5.74) is 8.04. The van der Waals surface area contributed by atoms with Gasteiger partial charge in [-0.25, -0.2) is 0 Å². The average molecular weight is 261 g/mol. The van der Waals surface area contributed by atoms with Gasteiger partial charge in [0.2, 0.25) is 0 Å². The van der Waals surface area contributed by atoms with Crippen LogP contribution >= 0.6 is 0 Å². The van der Waals surface area contributed by atoms with Gasteiger partial charge < -0.3 is 11.1 Å². The highest BCUT2D eigenvalue weighted by molar-refractivity contribution is 5.99. The third-order valence-corrected chi connectivity index (χ3v) is 3.86. The number of rotatable bonds is 4. The van der Waals surface area contributed by atoms with E-state index in [2.05, 4.69) is 17.1 Å². The Morgan fingerprint density at radius 3 is 3.05 bits per heavy atom. The molecule has 19 heavy (non-hydrogen) atoms. The van der Waals surface area contributed by atoms with Gasteiger partial charge >= 0.3 is 0 Å². The lowest BCUT2D eigenvalue weighted by Crippen LogP contribution is -2.40. The SMILES string of the molecule is CCN1CCCC1CNC(=O)c1cc(C)ccc1N. The molecule has 0 spiro atoms. The zero-order valence-electron chi connectivity index (χ0n) is 11.8. The summed E-state index contributed by atoms with van der Waals surface area (Å²) >= 11 is 0. The lowest BCUT2D eigenvalue weighted by Gasteiger charge is -2.23. The molecule has 1 aromatic carbocycles. The second-order valence-corrected chi connectivity index (χ2v) is 5.23. The average Bonchev–Trinajstić information content (AvgIpc) is 2.86. The van der Waals surface area contributed by atoms with E-state index < -0.39 is 0 Å². The Morgan fingerprint density at radius 1 is 1.53 bits per heavy atom. The maximum atomic E-state index is 12.2. The Kier molecular flexibility index (Phi) is 4.43. The van der Waals surface area contributed by atoms with E-state index in [-0.39, 0.29) is 5.91 Å². The molecule has 1 aliphatic heterocycles. The van der Waals surface area contributed by atoms with Gasteiger partial charge in [-0.3, -0.25) is 9.69 Å². The lowest BCUT2D eigenvalue weighted by atomic mass is 10.1. The summed E-state index contributed by atoms with van der Waals surface area (Å²) in [5, 5.41) is 3.01. The maximum Gasteiger partial charge on any atom is 0.253 e. The molecule has 1 saturated heterocycles.